The Labute approximate surface area is 130 Å². The van der Waals surface area contributed by atoms with Crippen LogP contribution in [0.15, 0.2) is 48.5 Å². The van der Waals surface area contributed by atoms with Crippen LogP contribution in [0.25, 0.3) is 0 Å². The average Bonchev–Trinajstić information content (AvgIpc) is 2.48. The fraction of sp³-hybridized carbons (Fsp3) is 0.222. The molecule has 0 saturated carbocycles. The first-order valence-electron chi connectivity index (χ1n) is 7.21. The van der Waals surface area contributed by atoms with E-state index in [0.29, 0.717) is 11.3 Å². The van der Waals surface area contributed by atoms with Gasteiger partial charge in [-0.05, 0) is 56.2 Å². The number of nitrogens with one attached hydrogen (secondary N) is 2. The first-order valence-corrected chi connectivity index (χ1v) is 7.21. The summed E-state index contributed by atoms with van der Waals surface area (Å²) in [6.07, 6.45) is 0. The number of rotatable bonds is 4. The lowest BCUT2D eigenvalue weighted by Crippen LogP contribution is -2.31. The van der Waals surface area contributed by atoms with E-state index in [9.17, 15) is 9.59 Å². The molecule has 22 heavy (non-hydrogen) atoms. The van der Waals surface area contributed by atoms with E-state index in [-0.39, 0.29) is 17.9 Å². The zero-order valence-corrected chi connectivity index (χ0v) is 13.0. The number of Topliss-reactive ketones (excluding diaryl/α,β-unsaturated/α-hetero) is 1. The van der Waals surface area contributed by atoms with Crippen molar-refractivity contribution in [1.82, 2.24) is 5.32 Å². The van der Waals surface area contributed by atoms with Crippen LogP contribution in [-0.2, 0) is 0 Å². The third-order valence-corrected chi connectivity index (χ3v) is 3.55. The van der Waals surface area contributed by atoms with E-state index in [4.69, 9.17) is 0 Å². The van der Waals surface area contributed by atoms with Crippen molar-refractivity contribution >= 4 is 17.5 Å². The summed E-state index contributed by atoms with van der Waals surface area (Å²) >= 11 is 0. The van der Waals surface area contributed by atoms with Gasteiger partial charge in [0.2, 0.25) is 0 Å². The highest BCUT2D eigenvalue weighted by molar-refractivity contribution is 5.95. The molecule has 0 saturated heterocycles. The van der Waals surface area contributed by atoms with E-state index in [0.717, 1.165) is 11.1 Å². The summed E-state index contributed by atoms with van der Waals surface area (Å²) in [5.74, 6) is 0.00387. The van der Waals surface area contributed by atoms with Crippen LogP contribution < -0.4 is 10.6 Å². The predicted molar refractivity (Wildman–Crippen MR) is 88.2 cm³/mol. The van der Waals surface area contributed by atoms with Crippen molar-refractivity contribution in [1.29, 1.82) is 0 Å². The molecule has 0 aliphatic rings. The molecule has 0 spiro atoms. The highest BCUT2D eigenvalue weighted by Crippen LogP contribution is 2.17. The van der Waals surface area contributed by atoms with Crippen molar-refractivity contribution in [3.63, 3.8) is 0 Å². The second-order valence-electron chi connectivity index (χ2n) is 5.31. The Kier molecular flexibility index (Phi) is 4.94. The Morgan fingerprint density at radius 2 is 1.64 bits per heavy atom. The molecule has 1 unspecified atom stereocenters. The highest BCUT2D eigenvalue weighted by atomic mass is 16.2. The lowest BCUT2D eigenvalue weighted by Gasteiger charge is -2.17. The Morgan fingerprint density at radius 3 is 2.23 bits per heavy atom. The summed E-state index contributed by atoms with van der Waals surface area (Å²) < 4.78 is 0. The SMILES string of the molecule is CC(=O)c1ccc(NC(=O)NC(C)c2ccccc2C)cc1. The molecular weight excluding hydrogens is 276 g/mol. The second kappa shape index (κ2) is 6.89. The molecule has 0 aliphatic carbocycles. The maximum Gasteiger partial charge on any atom is 0.319 e. The van der Waals surface area contributed by atoms with Gasteiger partial charge in [-0.3, -0.25) is 4.79 Å². The molecule has 1 atom stereocenters. The van der Waals surface area contributed by atoms with Crippen LogP contribution >= 0.6 is 0 Å². The van der Waals surface area contributed by atoms with Gasteiger partial charge in [-0.25, -0.2) is 4.79 Å². The summed E-state index contributed by atoms with van der Waals surface area (Å²) in [7, 11) is 0. The molecule has 0 aliphatic heterocycles. The summed E-state index contributed by atoms with van der Waals surface area (Å²) in [4.78, 5) is 23.3. The number of carbonyl (C=O) groups is 2. The molecule has 2 aromatic carbocycles. The molecular formula is C18H20N2O2. The molecule has 0 aromatic heterocycles. The number of hydrogen-bond donors (Lipinski definition) is 2. The third-order valence-electron chi connectivity index (χ3n) is 3.55. The lowest BCUT2D eigenvalue weighted by atomic mass is 10.0. The standard InChI is InChI=1S/C18H20N2O2/c1-12-6-4-5-7-17(12)13(2)19-18(22)20-16-10-8-15(9-11-16)14(3)21/h4-11,13H,1-3H3,(H2,19,20,22). The van der Waals surface area contributed by atoms with Gasteiger partial charge >= 0.3 is 6.03 Å². The Balaban J connectivity index is 1.98. The van der Waals surface area contributed by atoms with Crippen molar-refractivity contribution in [2.75, 3.05) is 5.32 Å². The first kappa shape index (κ1) is 15.8. The van der Waals surface area contributed by atoms with Gasteiger partial charge in [0.25, 0.3) is 0 Å². The molecule has 2 N–H and O–H groups in total. The number of anilines is 1. The van der Waals surface area contributed by atoms with Gasteiger partial charge in [0.15, 0.2) is 5.78 Å². The Bertz CT molecular complexity index is 678. The van der Waals surface area contributed by atoms with Crippen molar-refractivity contribution in [3.8, 4) is 0 Å². The molecule has 0 heterocycles. The van der Waals surface area contributed by atoms with E-state index < -0.39 is 0 Å². The molecule has 4 nitrogen and oxygen atoms in total. The average molecular weight is 296 g/mol. The predicted octanol–water partition coefficient (Wildman–Crippen LogP) is 4.08. The normalized spacial score (nSPS) is 11.6. The van der Waals surface area contributed by atoms with Gasteiger partial charge < -0.3 is 10.6 Å². The highest BCUT2D eigenvalue weighted by Gasteiger charge is 2.11. The number of carbonyl (C=O) groups excluding carboxylic acids is 2. The van der Waals surface area contributed by atoms with E-state index in [1.165, 1.54) is 6.92 Å². The van der Waals surface area contributed by atoms with Crippen molar-refractivity contribution < 1.29 is 9.59 Å². The lowest BCUT2D eigenvalue weighted by molar-refractivity contribution is 0.101. The zero-order valence-electron chi connectivity index (χ0n) is 13.0. The number of benzene rings is 2. The number of amides is 2. The van der Waals surface area contributed by atoms with Crippen LogP contribution in [0.3, 0.4) is 0 Å². The fourth-order valence-corrected chi connectivity index (χ4v) is 2.30. The van der Waals surface area contributed by atoms with Gasteiger partial charge in [-0.1, -0.05) is 24.3 Å². The minimum absolute atomic E-state index is 0.00387. The van der Waals surface area contributed by atoms with E-state index in [1.54, 1.807) is 24.3 Å². The maximum absolute atomic E-state index is 12.0. The van der Waals surface area contributed by atoms with Crippen LogP contribution in [-0.4, -0.2) is 11.8 Å². The molecule has 4 heteroatoms. The third kappa shape index (κ3) is 3.95. The van der Waals surface area contributed by atoms with Crippen LogP contribution in [0.2, 0.25) is 0 Å². The van der Waals surface area contributed by atoms with Crippen LogP contribution in [0.1, 0.15) is 41.4 Å². The van der Waals surface area contributed by atoms with Crippen LogP contribution in [0.5, 0.6) is 0 Å². The summed E-state index contributed by atoms with van der Waals surface area (Å²) in [5, 5.41) is 5.67. The van der Waals surface area contributed by atoms with Crippen LogP contribution in [0.4, 0.5) is 10.5 Å². The first-order chi connectivity index (χ1) is 10.5. The van der Waals surface area contributed by atoms with E-state index in [2.05, 4.69) is 10.6 Å². The summed E-state index contributed by atoms with van der Waals surface area (Å²) in [6.45, 7) is 5.48. The molecule has 2 rings (SSSR count). The number of hydrogen-bond acceptors (Lipinski definition) is 2. The minimum Gasteiger partial charge on any atom is -0.331 e. The maximum atomic E-state index is 12.0. The molecule has 0 radical (unpaired) electrons. The van der Waals surface area contributed by atoms with Crippen LogP contribution in [0, 0.1) is 6.92 Å². The zero-order chi connectivity index (χ0) is 16.1. The molecule has 0 fully saturated rings. The second-order valence-corrected chi connectivity index (χ2v) is 5.31. The van der Waals surface area contributed by atoms with Gasteiger partial charge in [0.05, 0.1) is 6.04 Å². The summed E-state index contributed by atoms with van der Waals surface area (Å²) in [5.41, 5.74) is 3.50. The van der Waals surface area contributed by atoms with Gasteiger partial charge in [0, 0.05) is 11.3 Å². The number of urea groups is 1. The molecule has 2 aromatic rings. The number of aryl methyl sites for hydroxylation is 1. The van der Waals surface area contributed by atoms with E-state index >= 15 is 0 Å². The monoisotopic (exact) mass is 296 g/mol. The topological polar surface area (TPSA) is 58.2 Å². The Hall–Kier alpha value is -2.62. The molecule has 114 valence electrons. The van der Waals surface area contributed by atoms with Gasteiger partial charge in [-0.2, -0.15) is 0 Å². The quantitative estimate of drug-likeness (QED) is 0.835. The number of ketones is 1. The van der Waals surface area contributed by atoms with Gasteiger partial charge in [-0.15, -0.1) is 0 Å². The molecule has 0 bridgehead atoms. The minimum atomic E-state index is -0.272. The summed E-state index contributed by atoms with van der Waals surface area (Å²) in [6, 6.07) is 14.4. The largest absolute Gasteiger partial charge is 0.331 e. The molecule has 2 amide bonds. The van der Waals surface area contributed by atoms with E-state index in [1.807, 2.05) is 38.1 Å². The van der Waals surface area contributed by atoms with Gasteiger partial charge in [0.1, 0.15) is 0 Å². The smallest absolute Gasteiger partial charge is 0.319 e. The van der Waals surface area contributed by atoms with Crippen molar-refractivity contribution in [3.05, 3.63) is 65.2 Å². The van der Waals surface area contributed by atoms with Crippen molar-refractivity contribution in [2.45, 2.75) is 26.8 Å². The van der Waals surface area contributed by atoms with Crippen molar-refractivity contribution in [2.24, 2.45) is 0 Å². The fourth-order valence-electron chi connectivity index (χ4n) is 2.30. The Morgan fingerprint density at radius 1 is 1.00 bits per heavy atom.